The number of rotatable bonds is 5. The van der Waals surface area contributed by atoms with E-state index in [1.165, 1.54) is 41.8 Å². The molecule has 3 aromatic rings. The molecule has 0 amide bonds. The summed E-state index contributed by atoms with van der Waals surface area (Å²) in [6.07, 6.45) is 1.24. The smallest absolute Gasteiger partial charge is 0.266 e. The van der Waals surface area contributed by atoms with Gasteiger partial charge in [-0.25, -0.2) is 18.1 Å². The Hall–Kier alpha value is -1.78. The first-order valence-corrected chi connectivity index (χ1v) is 10.3. The number of halogens is 2. The maximum Gasteiger partial charge on any atom is 0.291 e. The lowest BCUT2D eigenvalue weighted by Gasteiger charge is -2.08. The van der Waals surface area contributed by atoms with Crippen LogP contribution in [0.2, 0.25) is 10.0 Å². The molecule has 2 aromatic heterocycles. The van der Waals surface area contributed by atoms with Gasteiger partial charge >= 0.3 is 0 Å². The minimum Gasteiger partial charge on any atom is -0.266 e. The Kier molecular flexibility index (Phi) is 5.44. The zero-order valence-corrected chi connectivity index (χ0v) is 16.5. The summed E-state index contributed by atoms with van der Waals surface area (Å²) in [4.78, 5) is 16.3. The van der Waals surface area contributed by atoms with E-state index in [0.29, 0.717) is 10.7 Å². The number of hydrogen-bond acceptors (Lipinski definition) is 6. The molecular formula is C15H12Cl2N4O3S2. The summed E-state index contributed by atoms with van der Waals surface area (Å²) in [6, 6.07) is 5.67. The molecule has 11 heteroatoms. The lowest BCUT2D eigenvalue weighted by molar-refractivity contribution is 0.581. The minimum atomic E-state index is -3.71. The molecule has 0 saturated heterocycles. The number of sulfonamides is 1. The monoisotopic (exact) mass is 430 g/mol. The molecule has 7 nitrogen and oxygen atoms in total. The van der Waals surface area contributed by atoms with Gasteiger partial charge in [0.05, 0.1) is 28.3 Å². The van der Waals surface area contributed by atoms with Crippen LogP contribution in [0.15, 0.2) is 45.5 Å². The predicted molar refractivity (Wildman–Crippen MR) is 101 cm³/mol. The number of nitrogens with one attached hydrogen (secondary N) is 1. The SMILES string of the molecule is Cc1csc(CNS(=O)(=O)c2ccc(-n3ncc(Cl)c(Cl)c3=O)cc2)n1. The molecule has 0 saturated carbocycles. The normalized spacial score (nSPS) is 11.7. The van der Waals surface area contributed by atoms with Crippen LogP contribution in [0.5, 0.6) is 0 Å². The van der Waals surface area contributed by atoms with E-state index in [0.717, 1.165) is 10.4 Å². The molecule has 0 unspecified atom stereocenters. The Bertz CT molecular complexity index is 1110. The van der Waals surface area contributed by atoms with E-state index in [2.05, 4.69) is 14.8 Å². The van der Waals surface area contributed by atoms with Crippen LogP contribution >= 0.6 is 34.5 Å². The van der Waals surface area contributed by atoms with Crippen LogP contribution in [-0.2, 0) is 16.6 Å². The highest BCUT2D eigenvalue weighted by Crippen LogP contribution is 2.18. The van der Waals surface area contributed by atoms with Crippen LogP contribution in [-0.4, -0.2) is 23.2 Å². The maximum absolute atomic E-state index is 12.4. The second kappa shape index (κ2) is 7.45. The molecule has 0 aliphatic rings. The molecule has 0 aliphatic heterocycles. The molecule has 0 spiro atoms. The second-order valence-corrected chi connectivity index (χ2v) is 8.72. The molecule has 26 heavy (non-hydrogen) atoms. The van der Waals surface area contributed by atoms with Gasteiger partial charge in [-0.05, 0) is 31.2 Å². The van der Waals surface area contributed by atoms with Crippen molar-refractivity contribution in [1.82, 2.24) is 19.5 Å². The molecule has 0 aliphatic carbocycles. The van der Waals surface area contributed by atoms with Crippen molar-refractivity contribution in [3.63, 3.8) is 0 Å². The summed E-state index contributed by atoms with van der Waals surface area (Å²) in [5.74, 6) is 0. The highest BCUT2D eigenvalue weighted by molar-refractivity contribution is 7.89. The number of thiazole rings is 1. The van der Waals surface area contributed by atoms with Crippen molar-refractivity contribution < 1.29 is 8.42 Å². The summed E-state index contributed by atoms with van der Waals surface area (Å²) >= 11 is 12.9. The van der Waals surface area contributed by atoms with Gasteiger partial charge in [-0.15, -0.1) is 11.3 Å². The Labute approximate surface area is 163 Å². The Balaban J connectivity index is 1.82. The number of benzene rings is 1. The van der Waals surface area contributed by atoms with Crippen LogP contribution in [0.25, 0.3) is 5.69 Å². The van der Waals surface area contributed by atoms with Crippen molar-refractivity contribution >= 4 is 44.6 Å². The standard InChI is InChI=1S/C15H12Cl2N4O3S2/c1-9-8-25-13(20-9)7-19-26(23,24)11-4-2-10(3-5-11)21-15(22)14(17)12(16)6-18-21/h2-6,8,19H,7H2,1H3. The quantitative estimate of drug-likeness (QED) is 0.671. The van der Waals surface area contributed by atoms with Crippen LogP contribution in [0.4, 0.5) is 0 Å². The largest absolute Gasteiger partial charge is 0.291 e. The van der Waals surface area contributed by atoms with Crippen molar-refractivity contribution in [2.24, 2.45) is 0 Å². The predicted octanol–water partition coefficient (Wildman–Crippen LogP) is 2.78. The molecule has 1 aromatic carbocycles. The van der Waals surface area contributed by atoms with Gasteiger partial charge in [0.25, 0.3) is 5.56 Å². The van der Waals surface area contributed by atoms with Gasteiger partial charge < -0.3 is 0 Å². The number of aromatic nitrogens is 3. The number of aryl methyl sites for hydroxylation is 1. The summed E-state index contributed by atoms with van der Waals surface area (Å²) in [7, 11) is -3.71. The molecule has 0 radical (unpaired) electrons. The molecule has 0 atom stereocenters. The maximum atomic E-state index is 12.4. The lowest BCUT2D eigenvalue weighted by Crippen LogP contribution is -2.24. The fourth-order valence-electron chi connectivity index (χ4n) is 2.09. The average Bonchev–Trinajstić information content (AvgIpc) is 3.04. The molecule has 0 fully saturated rings. The van der Waals surface area contributed by atoms with Crippen molar-refractivity contribution in [2.75, 3.05) is 0 Å². The van der Waals surface area contributed by atoms with E-state index >= 15 is 0 Å². The Morgan fingerprint density at radius 3 is 2.54 bits per heavy atom. The fourth-order valence-corrected chi connectivity index (χ4v) is 4.13. The van der Waals surface area contributed by atoms with E-state index in [1.54, 1.807) is 0 Å². The van der Waals surface area contributed by atoms with Crippen LogP contribution in [0, 0.1) is 6.92 Å². The third-order valence-electron chi connectivity index (χ3n) is 3.35. The molecular weight excluding hydrogens is 419 g/mol. The van der Waals surface area contributed by atoms with E-state index in [-0.39, 0.29) is 21.5 Å². The third kappa shape index (κ3) is 3.97. The van der Waals surface area contributed by atoms with Crippen LogP contribution < -0.4 is 10.3 Å². The van der Waals surface area contributed by atoms with Gasteiger partial charge in [0, 0.05) is 11.1 Å². The lowest BCUT2D eigenvalue weighted by atomic mass is 10.3. The molecule has 1 N–H and O–H groups in total. The first kappa shape index (κ1) is 19.0. The number of nitrogens with zero attached hydrogens (tertiary/aromatic N) is 3. The Morgan fingerprint density at radius 1 is 1.23 bits per heavy atom. The summed E-state index contributed by atoms with van der Waals surface area (Å²) in [6.45, 7) is 1.95. The van der Waals surface area contributed by atoms with Crippen LogP contribution in [0.3, 0.4) is 0 Å². The second-order valence-electron chi connectivity index (χ2n) is 5.22. The third-order valence-corrected chi connectivity index (χ3v) is 6.48. The van der Waals surface area contributed by atoms with Crippen molar-refractivity contribution in [1.29, 1.82) is 0 Å². The van der Waals surface area contributed by atoms with Crippen molar-refractivity contribution in [2.45, 2.75) is 18.4 Å². The zero-order chi connectivity index (χ0) is 18.9. The summed E-state index contributed by atoms with van der Waals surface area (Å²) < 4.78 is 28.3. The molecule has 0 bridgehead atoms. The van der Waals surface area contributed by atoms with Crippen molar-refractivity contribution in [3.05, 3.63) is 66.9 Å². The van der Waals surface area contributed by atoms with Crippen molar-refractivity contribution in [3.8, 4) is 5.69 Å². The topological polar surface area (TPSA) is 94.0 Å². The average molecular weight is 431 g/mol. The van der Waals surface area contributed by atoms with Crippen LogP contribution in [0.1, 0.15) is 10.7 Å². The highest BCUT2D eigenvalue weighted by atomic mass is 35.5. The van der Waals surface area contributed by atoms with Gasteiger partial charge in [-0.3, -0.25) is 4.79 Å². The zero-order valence-electron chi connectivity index (χ0n) is 13.3. The fraction of sp³-hybridized carbons (Fsp3) is 0.133. The van der Waals surface area contributed by atoms with Gasteiger partial charge in [-0.2, -0.15) is 9.78 Å². The van der Waals surface area contributed by atoms with E-state index in [9.17, 15) is 13.2 Å². The molecule has 2 heterocycles. The molecule has 3 rings (SSSR count). The van der Waals surface area contributed by atoms with E-state index in [4.69, 9.17) is 23.2 Å². The minimum absolute atomic E-state index is 0.0498. The highest BCUT2D eigenvalue weighted by Gasteiger charge is 2.15. The van der Waals surface area contributed by atoms with E-state index < -0.39 is 15.6 Å². The summed E-state index contributed by atoms with van der Waals surface area (Å²) in [5.41, 5.74) is 0.614. The van der Waals surface area contributed by atoms with Gasteiger partial charge in [0.2, 0.25) is 10.0 Å². The first-order valence-electron chi connectivity index (χ1n) is 7.22. The summed E-state index contributed by atoms with van der Waals surface area (Å²) in [5, 5.41) is 6.31. The van der Waals surface area contributed by atoms with Gasteiger partial charge in [-0.1, -0.05) is 23.2 Å². The van der Waals surface area contributed by atoms with Gasteiger partial charge in [0.15, 0.2) is 0 Å². The number of hydrogen-bond donors (Lipinski definition) is 1. The van der Waals surface area contributed by atoms with Gasteiger partial charge in [0.1, 0.15) is 10.0 Å². The first-order chi connectivity index (χ1) is 12.3. The molecule has 136 valence electrons. The van der Waals surface area contributed by atoms with E-state index in [1.807, 2.05) is 12.3 Å². The Morgan fingerprint density at radius 2 is 1.92 bits per heavy atom.